The van der Waals surface area contributed by atoms with Gasteiger partial charge in [-0.15, -0.1) is 0 Å². The molecule has 2 aromatic rings. The Bertz CT molecular complexity index is 885. The van der Waals surface area contributed by atoms with Crippen LogP contribution in [0.1, 0.15) is 21.5 Å². The fourth-order valence-electron chi connectivity index (χ4n) is 2.01. The van der Waals surface area contributed by atoms with Crippen LogP contribution < -0.4 is 5.32 Å². The lowest BCUT2D eigenvalue weighted by Gasteiger charge is -2.02. The number of benzene rings is 2. The van der Waals surface area contributed by atoms with Crippen LogP contribution in [-0.4, -0.2) is 26.8 Å². The van der Waals surface area contributed by atoms with Crippen molar-refractivity contribution in [2.75, 3.05) is 6.54 Å². The van der Waals surface area contributed by atoms with Crippen molar-refractivity contribution in [3.8, 4) is 11.8 Å². The van der Waals surface area contributed by atoms with Crippen molar-refractivity contribution in [3.05, 3.63) is 71.3 Å². The van der Waals surface area contributed by atoms with Gasteiger partial charge in [-0.25, -0.2) is 13.2 Å². The fraction of sp³-hybridized carbons (Fsp3) is 0.158. The number of carbonyl (C=O) groups excluding carboxylic acids is 2. The topological polar surface area (TPSA) is 89.5 Å². The molecule has 0 aliphatic carbocycles. The fourth-order valence-corrected chi connectivity index (χ4v) is 2.52. The number of ether oxygens (including phenoxy) is 1. The van der Waals surface area contributed by atoms with Crippen molar-refractivity contribution >= 4 is 22.6 Å². The van der Waals surface area contributed by atoms with Gasteiger partial charge in [0.1, 0.15) is 17.3 Å². The van der Waals surface area contributed by atoms with Crippen molar-refractivity contribution in [2.45, 2.75) is 12.4 Å². The summed E-state index contributed by atoms with van der Waals surface area (Å²) in [5, 5.41) is 2.55. The molecule has 0 bridgehead atoms. The zero-order chi connectivity index (χ0) is 18.8. The molecule has 134 valence electrons. The number of hydrogen-bond donors (Lipinski definition) is 2. The molecule has 0 saturated carbocycles. The number of rotatable bonds is 6. The summed E-state index contributed by atoms with van der Waals surface area (Å²) in [5.74, 6) is 3.73. The van der Waals surface area contributed by atoms with Crippen molar-refractivity contribution < 1.29 is 22.7 Å². The van der Waals surface area contributed by atoms with Gasteiger partial charge in [0.15, 0.2) is 0 Å². The minimum atomic E-state index is -2.50. The first kappa shape index (κ1) is 19.2. The SMILES string of the molecule is O=C(C#CCNC(=O)c1ccc(C[SH](=O)=O)cc1)OCc1ccccc1. The highest BCUT2D eigenvalue weighted by Gasteiger charge is 2.04. The van der Waals surface area contributed by atoms with Gasteiger partial charge in [-0.05, 0) is 23.3 Å². The van der Waals surface area contributed by atoms with E-state index >= 15 is 0 Å². The highest BCUT2D eigenvalue weighted by atomic mass is 32.2. The molecule has 0 atom stereocenters. The van der Waals surface area contributed by atoms with Gasteiger partial charge in [0.05, 0.1) is 12.3 Å². The summed E-state index contributed by atoms with van der Waals surface area (Å²) in [6, 6.07) is 15.4. The van der Waals surface area contributed by atoms with Crippen LogP contribution in [0.2, 0.25) is 0 Å². The van der Waals surface area contributed by atoms with Crippen LogP contribution in [-0.2, 0) is 32.6 Å². The quantitative estimate of drug-likeness (QED) is 0.346. The predicted octanol–water partition coefficient (Wildman–Crippen LogP) is 1.27. The maximum absolute atomic E-state index is 11.9. The van der Waals surface area contributed by atoms with Crippen molar-refractivity contribution in [1.82, 2.24) is 5.32 Å². The van der Waals surface area contributed by atoms with Gasteiger partial charge >= 0.3 is 5.97 Å². The third-order valence-electron chi connectivity index (χ3n) is 3.27. The average Bonchev–Trinajstić information content (AvgIpc) is 2.64. The molecule has 26 heavy (non-hydrogen) atoms. The molecule has 2 aromatic carbocycles. The summed E-state index contributed by atoms with van der Waals surface area (Å²) in [7, 11) is -2.50. The molecular weight excluding hydrogens is 354 g/mol. The van der Waals surface area contributed by atoms with Crippen LogP contribution in [0, 0.1) is 11.8 Å². The van der Waals surface area contributed by atoms with E-state index in [2.05, 4.69) is 17.2 Å². The summed E-state index contributed by atoms with van der Waals surface area (Å²) in [5.41, 5.74) is 1.85. The molecule has 0 aromatic heterocycles. The molecule has 0 radical (unpaired) electrons. The van der Waals surface area contributed by atoms with Gasteiger partial charge in [-0.2, -0.15) is 0 Å². The Morgan fingerprint density at radius 1 is 0.962 bits per heavy atom. The van der Waals surface area contributed by atoms with Crippen molar-refractivity contribution in [1.29, 1.82) is 0 Å². The zero-order valence-corrected chi connectivity index (χ0v) is 14.7. The second-order valence-corrected chi connectivity index (χ2v) is 6.22. The van der Waals surface area contributed by atoms with Gasteiger partial charge < -0.3 is 10.1 Å². The third-order valence-corrected chi connectivity index (χ3v) is 3.89. The highest BCUT2D eigenvalue weighted by Crippen LogP contribution is 2.05. The maximum Gasteiger partial charge on any atom is 0.384 e. The zero-order valence-electron chi connectivity index (χ0n) is 13.8. The minimum absolute atomic E-state index is 0.00651. The summed E-state index contributed by atoms with van der Waals surface area (Å²) in [4.78, 5) is 23.4. The molecular formula is C19H17NO5S. The first-order valence-electron chi connectivity index (χ1n) is 7.73. The monoisotopic (exact) mass is 371 g/mol. The van der Waals surface area contributed by atoms with E-state index < -0.39 is 16.7 Å². The number of carbonyl (C=O) groups is 2. The van der Waals surface area contributed by atoms with E-state index in [-0.39, 0.29) is 24.8 Å². The predicted molar refractivity (Wildman–Crippen MR) is 96.8 cm³/mol. The van der Waals surface area contributed by atoms with Crippen LogP contribution in [0.5, 0.6) is 0 Å². The van der Waals surface area contributed by atoms with E-state index in [9.17, 15) is 18.0 Å². The Morgan fingerprint density at radius 2 is 1.65 bits per heavy atom. The standard InChI is InChI=1S/C19H17NO5S/c21-18(25-13-15-5-2-1-3-6-15)7-4-12-20-19(22)17-10-8-16(9-11-17)14-26(23)24/h1-3,5-6,8-11,26H,12-14H2,(H,20,22). The largest absolute Gasteiger partial charge is 0.451 e. The van der Waals surface area contributed by atoms with Crippen LogP contribution in [0.25, 0.3) is 0 Å². The molecule has 1 amide bonds. The lowest BCUT2D eigenvalue weighted by atomic mass is 10.1. The van der Waals surface area contributed by atoms with Crippen LogP contribution in [0.15, 0.2) is 54.6 Å². The molecule has 2 rings (SSSR count). The second kappa shape index (κ2) is 10.0. The van der Waals surface area contributed by atoms with E-state index in [1.54, 1.807) is 12.1 Å². The lowest BCUT2D eigenvalue weighted by Crippen LogP contribution is -2.23. The van der Waals surface area contributed by atoms with Gasteiger partial charge in [-0.1, -0.05) is 48.4 Å². The molecule has 6 nitrogen and oxygen atoms in total. The molecule has 1 N–H and O–H groups in total. The number of amides is 1. The van der Waals surface area contributed by atoms with Gasteiger partial charge in [0.25, 0.3) is 5.91 Å². The summed E-state index contributed by atoms with van der Waals surface area (Å²) < 4.78 is 26.3. The highest BCUT2D eigenvalue weighted by molar-refractivity contribution is 7.71. The van der Waals surface area contributed by atoms with Gasteiger partial charge in [0.2, 0.25) is 0 Å². The maximum atomic E-state index is 11.9. The van der Waals surface area contributed by atoms with Gasteiger partial charge in [0, 0.05) is 11.5 Å². The smallest absolute Gasteiger partial charge is 0.384 e. The molecule has 0 heterocycles. The van der Waals surface area contributed by atoms with Crippen LogP contribution in [0.4, 0.5) is 0 Å². The van der Waals surface area contributed by atoms with Crippen LogP contribution >= 0.6 is 0 Å². The second-order valence-electron chi connectivity index (χ2n) is 5.23. The molecule has 7 heteroatoms. The average molecular weight is 371 g/mol. The van der Waals surface area contributed by atoms with Crippen molar-refractivity contribution in [3.63, 3.8) is 0 Å². The molecule has 0 aliphatic heterocycles. The molecule has 0 unspecified atom stereocenters. The Labute approximate surface area is 153 Å². The number of esters is 1. The number of thiol groups is 1. The molecule has 0 saturated heterocycles. The molecule has 0 fully saturated rings. The van der Waals surface area contributed by atoms with E-state index in [0.29, 0.717) is 11.1 Å². The Balaban J connectivity index is 1.75. The number of nitrogens with one attached hydrogen (secondary N) is 1. The Morgan fingerprint density at radius 3 is 2.31 bits per heavy atom. The minimum Gasteiger partial charge on any atom is -0.451 e. The van der Waals surface area contributed by atoms with Crippen LogP contribution in [0.3, 0.4) is 0 Å². The van der Waals surface area contributed by atoms with E-state index in [1.165, 1.54) is 12.1 Å². The lowest BCUT2D eigenvalue weighted by molar-refractivity contribution is -0.137. The summed E-state index contributed by atoms with van der Waals surface area (Å²) >= 11 is 0. The van der Waals surface area contributed by atoms with E-state index in [0.717, 1.165) is 5.56 Å². The van der Waals surface area contributed by atoms with E-state index in [4.69, 9.17) is 4.74 Å². The third kappa shape index (κ3) is 6.79. The summed E-state index contributed by atoms with van der Waals surface area (Å²) in [6.07, 6.45) is 0. The Hall–Kier alpha value is -3.11. The van der Waals surface area contributed by atoms with Crippen molar-refractivity contribution in [2.24, 2.45) is 0 Å². The number of hydrogen-bond acceptors (Lipinski definition) is 5. The normalized spacial score (nSPS) is 9.88. The Kier molecular flexibility index (Phi) is 7.40. The van der Waals surface area contributed by atoms with E-state index in [1.807, 2.05) is 30.3 Å². The summed E-state index contributed by atoms with van der Waals surface area (Å²) in [6.45, 7) is 0.134. The van der Waals surface area contributed by atoms with Gasteiger partial charge in [-0.3, -0.25) is 4.79 Å². The first-order valence-corrected chi connectivity index (χ1v) is 9.09. The molecule has 0 aliphatic rings. The first-order chi connectivity index (χ1) is 12.5. The molecule has 0 spiro atoms.